The van der Waals surface area contributed by atoms with E-state index in [1.54, 1.807) is 13.8 Å². The maximum Gasteiger partial charge on any atom is 0.101 e. The van der Waals surface area contributed by atoms with Crippen molar-refractivity contribution in [3.8, 4) is 12.3 Å². The van der Waals surface area contributed by atoms with Gasteiger partial charge in [0.2, 0.25) is 0 Å². The molecule has 0 bridgehead atoms. The summed E-state index contributed by atoms with van der Waals surface area (Å²) < 4.78 is 5.48. The molecule has 3 heteroatoms. The van der Waals surface area contributed by atoms with Gasteiger partial charge in [0.25, 0.3) is 0 Å². The first-order valence-electron chi connectivity index (χ1n) is 5.12. The summed E-state index contributed by atoms with van der Waals surface area (Å²) in [6.07, 6.45) is 5.37. The Morgan fingerprint density at radius 1 is 1.25 bits per heavy atom. The maximum atomic E-state index is 5.87. The molecule has 0 aliphatic heterocycles. The summed E-state index contributed by atoms with van der Waals surface area (Å²) in [4.78, 5) is 0. The number of hydrogen-bond donors (Lipinski definition) is 0. The van der Waals surface area contributed by atoms with E-state index in [2.05, 4.69) is 5.92 Å². The van der Waals surface area contributed by atoms with E-state index in [-0.39, 0.29) is 0 Å². The van der Waals surface area contributed by atoms with Crippen LogP contribution in [-0.4, -0.2) is 21.1 Å². The predicted octanol–water partition coefficient (Wildman–Crippen LogP) is 1.85. The Kier molecular flexibility index (Phi) is 3.88. The van der Waals surface area contributed by atoms with Gasteiger partial charge >= 0.3 is 0 Å². The third kappa shape index (κ3) is 2.93. The quantitative estimate of drug-likeness (QED) is 0.541. The second-order valence-corrected chi connectivity index (χ2v) is 4.34. The summed E-state index contributed by atoms with van der Waals surface area (Å²) in [5, 5.41) is -1.34. The molecule has 16 heavy (non-hydrogen) atoms. The summed E-state index contributed by atoms with van der Waals surface area (Å²) in [6.45, 7) is 3.90. The van der Waals surface area contributed by atoms with Crippen LogP contribution in [0.5, 0.6) is 0 Å². The first-order chi connectivity index (χ1) is 7.39. The van der Waals surface area contributed by atoms with Gasteiger partial charge in [-0.1, -0.05) is 36.3 Å². The minimum absolute atomic E-state index is 0.346. The first kappa shape index (κ1) is 12.9. The molecular formula is C13H14B2O. The van der Waals surface area contributed by atoms with Crippen LogP contribution in [0.25, 0.3) is 0 Å². The molecule has 0 saturated heterocycles. The molecule has 0 aliphatic carbocycles. The highest BCUT2D eigenvalue weighted by Gasteiger charge is 2.34. The Labute approximate surface area is 100 Å². The Morgan fingerprint density at radius 3 is 2.31 bits per heavy atom. The molecule has 1 aromatic carbocycles. The molecule has 0 amide bonds. The molecule has 78 valence electrons. The monoisotopic (exact) mass is 208 g/mol. The van der Waals surface area contributed by atoms with Crippen LogP contribution in [0.4, 0.5) is 0 Å². The molecule has 1 aromatic rings. The molecule has 4 radical (unpaired) electrons. The molecule has 1 rings (SSSR count). The summed E-state index contributed by atoms with van der Waals surface area (Å²) in [5.41, 5.74) is 0.289. The van der Waals surface area contributed by atoms with E-state index in [1.165, 1.54) is 0 Å². The van der Waals surface area contributed by atoms with Crippen LogP contribution in [0, 0.1) is 17.8 Å². The van der Waals surface area contributed by atoms with Crippen molar-refractivity contribution in [2.75, 3.05) is 0 Å². The van der Waals surface area contributed by atoms with E-state index in [0.29, 0.717) is 6.61 Å². The third-order valence-corrected chi connectivity index (χ3v) is 2.66. The molecule has 0 aliphatic rings. The lowest BCUT2D eigenvalue weighted by atomic mass is 9.52. The largest absolute Gasteiger partial charge is 0.388 e. The number of rotatable bonds is 4. The highest BCUT2D eigenvalue weighted by Crippen LogP contribution is 2.28. The summed E-state index contributed by atoms with van der Waals surface area (Å²) >= 11 is 0. The molecule has 0 saturated carbocycles. The van der Waals surface area contributed by atoms with Crippen LogP contribution in [0.2, 0.25) is 0 Å². The summed E-state index contributed by atoms with van der Waals surface area (Å²) in [7, 11) is 11.7. The second-order valence-electron chi connectivity index (χ2n) is 4.34. The fraction of sp³-hybridized carbons (Fsp3) is 0.385. The zero-order valence-corrected chi connectivity index (χ0v) is 9.73. The molecule has 0 N–H and O–H groups in total. The van der Waals surface area contributed by atoms with Crippen LogP contribution in [0.15, 0.2) is 30.3 Å². The van der Waals surface area contributed by atoms with Crippen molar-refractivity contribution in [1.82, 2.24) is 0 Å². The predicted molar refractivity (Wildman–Crippen MR) is 68.1 cm³/mol. The number of ether oxygens (including phenoxy) is 1. The number of hydrogen-bond acceptors (Lipinski definition) is 1. The average molecular weight is 208 g/mol. The van der Waals surface area contributed by atoms with Crippen LogP contribution in [0.1, 0.15) is 19.4 Å². The SMILES string of the molecule is [B]C([B])(OCc1ccccc1)C(C)(C)C#C. The fourth-order valence-corrected chi connectivity index (χ4v) is 1.07. The molecule has 0 atom stereocenters. The Morgan fingerprint density at radius 2 is 1.81 bits per heavy atom. The third-order valence-electron chi connectivity index (χ3n) is 2.66. The fourth-order valence-electron chi connectivity index (χ4n) is 1.07. The Bertz CT molecular complexity index is 377. The highest BCUT2D eigenvalue weighted by atomic mass is 16.5. The van der Waals surface area contributed by atoms with Gasteiger partial charge in [-0.2, -0.15) is 0 Å². The molecule has 0 unspecified atom stereocenters. The van der Waals surface area contributed by atoms with Crippen LogP contribution < -0.4 is 0 Å². The van der Waals surface area contributed by atoms with Gasteiger partial charge in [0, 0.05) is 10.8 Å². The normalized spacial score (nSPS) is 12.1. The standard InChI is InChI=1S/C13H14B2O/c1-4-12(2,3)13(14,15)16-10-11-8-6-5-7-9-11/h1,5-9H,10H2,2-3H3. The van der Waals surface area contributed by atoms with E-state index in [0.717, 1.165) is 5.56 Å². The Hall–Kier alpha value is -1.13. The Balaban J connectivity index is 2.66. The zero-order valence-electron chi connectivity index (χ0n) is 9.73. The molecule has 0 fully saturated rings. The van der Waals surface area contributed by atoms with Gasteiger partial charge < -0.3 is 4.74 Å². The lowest BCUT2D eigenvalue weighted by molar-refractivity contribution is 0.0104. The lowest BCUT2D eigenvalue weighted by Crippen LogP contribution is -2.47. The van der Waals surface area contributed by atoms with Crippen molar-refractivity contribution >= 4 is 15.7 Å². The molecule has 1 nitrogen and oxygen atoms in total. The van der Waals surface area contributed by atoms with Crippen LogP contribution in [0.3, 0.4) is 0 Å². The van der Waals surface area contributed by atoms with Gasteiger partial charge in [0.05, 0.1) is 6.61 Å². The molecule has 0 heterocycles. The molecular weight excluding hydrogens is 194 g/mol. The van der Waals surface area contributed by atoms with E-state index in [4.69, 9.17) is 26.9 Å². The molecule has 0 aromatic heterocycles. The number of terminal acetylenes is 1. The smallest absolute Gasteiger partial charge is 0.101 e. The summed E-state index contributed by atoms with van der Waals surface area (Å²) in [5.74, 6) is 2.54. The van der Waals surface area contributed by atoms with Gasteiger partial charge in [-0.3, -0.25) is 0 Å². The second kappa shape index (κ2) is 4.80. The zero-order chi connectivity index (χ0) is 12.2. The van der Waals surface area contributed by atoms with Gasteiger partial charge in [0.15, 0.2) is 0 Å². The van der Waals surface area contributed by atoms with Crippen LogP contribution in [-0.2, 0) is 11.3 Å². The van der Waals surface area contributed by atoms with Gasteiger partial charge in [0.1, 0.15) is 15.7 Å². The first-order valence-corrected chi connectivity index (χ1v) is 5.12. The van der Waals surface area contributed by atoms with Crippen molar-refractivity contribution in [2.24, 2.45) is 5.41 Å². The molecule has 0 spiro atoms. The topological polar surface area (TPSA) is 9.23 Å². The van der Waals surface area contributed by atoms with Crippen molar-refractivity contribution in [2.45, 2.75) is 25.9 Å². The summed E-state index contributed by atoms with van der Waals surface area (Å²) in [6, 6.07) is 9.68. The number of benzene rings is 1. The van der Waals surface area contributed by atoms with E-state index < -0.39 is 10.8 Å². The van der Waals surface area contributed by atoms with Gasteiger partial charge in [-0.15, -0.1) is 6.42 Å². The highest BCUT2D eigenvalue weighted by molar-refractivity contribution is 6.39. The average Bonchev–Trinajstić information content (AvgIpc) is 2.27. The van der Waals surface area contributed by atoms with E-state index in [1.807, 2.05) is 30.3 Å². The van der Waals surface area contributed by atoms with Crippen molar-refractivity contribution in [3.05, 3.63) is 35.9 Å². The van der Waals surface area contributed by atoms with Gasteiger partial charge in [-0.25, -0.2) is 0 Å². The van der Waals surface area contributed by atoms with Crippen LogP contribution >= 0.6 is 0 Å². The van der Waals surface area contributed by atoms with E-state index >= 15 is 0 Å². The minimum Gasteiger partial charge on any atom is -0.388 e. The van der Waals surface area contributed by atoms with Gasteiger partial charge in [-0.05, 0) is 19.4 Å². The lowest BCUT2D eigenvalue weighted by Gasteiger charge is -2.39. The van der Waals surface area contributed by atoms with Crippen molar-refractivity contribution in [1.29, 1.82) is 0 Å². The maximum absolute atomic E-state index is 5.87. The van der Waals surface area contributed by atoms with E-state index in [9.17, 15) is 0 Å². The minimum atomic E-state index is -1.34. The van der Waals surface area contributed by atoms with Crippen molar-refractivity contribution < 1.29 is 4.74 Å². The van der Waals surface area contributed by atoms with Crippen molar-refractivity contribution in [3.63, 3.8) is 0 Å².